The van der Waals surface area contributed by atoms with Gasteiger partial charge >= 0.3 is 0 Å². The van der Waals surface area contributed by atoms with Gasteiger partial charge in [0, 0.05) is 49.6 Å². The van der Waals surface area contributed by atoms with E-state index in [9.17, 15) is 0 Å². The maximum Gasteiger partial charge on any atom is 0.216 e. The van der Waals surface area contributed by atoms with Gasteiger partial charge in [0.15, 0.2) is 0 Å². The summed E-state index contributed by atoms with van der Waals surface area (Å²) in [6.45, 7) is 16.1. The Kier molecular flexibility index (Phi) is 11.4. The van der Waals surface area contributed by atoms with Crippen LogP contribution < -0.4 is 5.19 Å². The summed E-state index contributed by atoms with van der Waals surface area (Å²) in [5.41, 5.74) is 10.2. The smallest absolute Gasteiger partial charge is 0.216 e. The van der Waals surface area contributed by atoms with Gasteiger partial charge < -0.3 is 14.4 Å². The summed E-state index contributed by atoms with van der Waals surface area (Å²) in [7, 11) is -1.34. The SMILES string of the molecule is CC(C)Cc1ccnc(-c2[c-]ccc3c2oc2ncc(-c4ccccc4)cc23)c1.CC(C)c1cc(-c2[c-]cccc2)ncc1[Si](C)(C)C.[Ir]. The van der Waals surface area contributed by atoms with Gasteiger partial charge in [-0.05, 0) is 52.5 Å². The van der Waals surface area contributed by atoms with Gasteiger partial charge in [-0.1, -0.05) is 112 Å². The van der Waals surface area contributed by atoms with E-state index in [0.29, 0.717) is 17.5 Å². The molecule has 6 heteroatoms. The molecule has 0 aliphatic rings. The van der Waals surface area contributed by atoms with Gasteiger partial charge in [0.1, 0.15) is 0 Å². The van der Waals surface area contributed by atoms with Crippen LogP contribution in [0, 0.1) is 18.1 Å². The van der Waals surface area contributed by atoms with E-state index in [0.717, 1.165) is 56.4 Å². The fraction of sp³-hybridized carbons (Fsp3) is 0.233. The van der Waals surface area contributed by atoms with Crippen LogP contribution in [0.3, 0.4) is 0 Å². The molecule has 0 saturated heterocycles. The third-order valence-corrected chi connectivity index (χ3v) is 10.5. The molecule has 0 atom stereocenters. The number of aromatic nitrogens is 3. The average molecular weight is 838 g/mol. The van der Waals surface area contributed by atoms with Crippen LogP contribution in [-0.2, 0) is 26.5 Å². The van der Waals surface area contributed by atoms with Crippen molar-refractivity contribution in [3.8, 4) is 33.6 Å². The van der Waals surface area contributed by atoms with E-state index in [-0.39, 0.29) is 20.1 Å². The molecule has 49 heavy (non-hydrogen) atoms. The van der Waals surface area contributed by atoms with Crippen LogP contribution in [0.15, 0.2) is 114 Å². The normalized spacial score (nSPS) is 11.4. The molecular formula is C43H43IrN3OSi-2. The quantitative estimate of drug-likeness (QED) is 0.119. The molecule has 0 fully saturated rings. The monoisotopic (exact) mass is 838 g/mol. The van der Waals surface area contributed by atoms with E-state index in [4.69, 9.17) is 4.42 Å². The first kappa shape index (κ1) is 36.1. The number of hydrogen-bond donors (Lipinski definition) is 0. The fourth-order valence-corrected chi connectivity index (χ4v) is 7.77. The summed E-state index contributed by atoms with van der Waals surface area (Å²) >= 11 is 0. The molecular weight excluding hydrogens is 795 g/mol. The Bertz CT molecular complexity index is 2150. The molecule has 1 radical (unpaired) electrons. The molecule has 0 N–H and O–H groups in total. The number of pyridine rings is 3. The van der Waals surface area contributed by atoms with Gasteiger partial charge in [0.25, 0.3) is 0 Å². The summed E-state index contributed by atoms with van der Waals surface area (Å²) in [4.78, 5) is 13.8. The zero-order chi connectivity index (χ0) is 33.8. The van der Waals surface area contributed by atoms with Gasteiger partial charge in [-0.2, -0.15) is 0 Å². The molecule has 0 unspecified atom stereocenters. The number of benzene rings is 3. The largest absolute Gasteiger partial charge is 0.486 e. The van der Waals surface area contributed by atoms with E-state index >= 15 is 0 Å². The number of rotatable bonds is 7. The summed E-state index contributed by atoms with van der Waals surface area (Å²) in [6.07, 6.45) is 6.85. The van der Waals surface area contributed by atoms with Crippen molar-refractivity contribution in [2.24, 2.45) is 5.92 Å². The number of furan rings is 1. The standard InChI is InChI=1S/C26H21N2O.C17H22NSi.Ir/c1-17(2)13-18-11-12-27-24(14-18)22-10-6-9-21-23-15-20(19-7-4-3-5-8-19)16-28-26(23)29-25(21)22;1-13(2)15-11-16(14-9-7-6-8-10-14)18-12-17(15)19(3,4)5;/h3-9,11-12,14-17H,13H2,1-2H3;6-9,11-13H,1-5H3;/q2*-1;. The summed E-state index contributed by atoms with van der Waals surface area (Å²) in [5.74, 6) is 1.13. The fourth-order valence-electron chi connectivity index (χ4n) is 6.09. The molecule has 0 spiro atoms. The molecule has 0 bridgehead atoms. The minimum absolute atomic E-state index is 0. The van der Waals surface area contributed by atoms with Crippen molar-refractivity contribution in [1.82, 2.24) is 15.0 Å². The van der Waals surface area contributed by atoms with Crippen LogP contribution in [0.1, 0.15) is 44.7 Å². The topological polar surface area (TPSA) is 51.8 Å². The van der Waals surface area contributed by atoms with Gasteiger partial charge in [-0.3, -0.25) is 0 Å². The van der Waals surface area contributed by atoms with Crippen LogP contribution >= 0.6 is 0 Å². The number of nitrogens with zero attached hydrogens (tertiary/aromatic N) is 3. The Morgan fingerprint density at radius 2 is 1.49 bits per heavy atom. The van der Waals surface area contributed by atoms with Gasteiger partial charge in [0.05, 0.1) is 13.7 Å². The first-order valence-electron chi connectivity index (χ1n) is 16.8. The van der Waals surface area contributed by atoms with Crippen LogP contribution in [0.4, 0.5) is 0 Å². The van der Waals surface area contributed by atoms with Gasteiger partial charge in [-0.15, -0.1) is 54.1 Å². The van der Waals surface area contributed by atoms with E-state index in [2.05, 4.69) is 123 Å². The minimum atomic E-state index is -1.34. The van der Waals surface area contributed by atoms with Gasteiger partial charge in [0.2, 0.25) is 5.71 Å². The van der Waals surface area contributed by atoms with Crippen LogP contribution in [0.2, 0.25) is 19.6 Å². The Morgan fingerprint density at radius 3 is 2.18 bits per heavy atom. The summed E-state index contributed by atoms with van der Waals surface area (Å²) in [6, 6.07) is 37.5. The zero-order valence-corrected chi connectivity index (χ0v) is 32.7. The molecule has 0 aliphatic heterocycles. The number of hydrogen-bond acceptors (Lipinski definition) is 4. The molecule has 4 aromatic heterocycles. The molecule has 3 aromatic carbocycles. The van der Waals surface area contributed by atoms with Crippen molar-refractivity contribution >= 4 is 35.3 Å². The minimum Gasteiger partial charge on any atom is -0.486 e. The van der Waals surface area contributed by atoms with Crippen molar-refractivity contribution in [2.75, 3.05) is 0 Å². The van der Waals surface area contributed by atoms with Crippen molar-refractivity contribution in [1.29, 1.82) is 0 Å². The van der Waals surface area contributed by atoms with Gasteiger partial charge in [-0.25, -0.2) is 4.98 Å². The summed E-state index contributed by atoms with van der Waals surface area (Å²) < 4.78 is 6.17. The van der Waals surface area contributed by atoms with Crippen LogP contribution in [-0.4, -0.2) is 23.0 Å². The van der Waals surface area contributed by atoms with Crippen molar-refractivity contribution in [3.05, 3.63) is 133 Å². The molecule has 0 aliphatic carbocycles. The Morgan fingerprint density at radius 1 is 0.714 bits per heavy atom. The first-order chi connectivity index (χ1) is 23.1. The average Bonchev–Trinajstić information content (AvgIpc) is 3.47. The molecule has 0 amide bonds. The molecule has 4 heterocycles. The first-order valence-corrected chi connectivity index (χ1v) is 20.3. The van der Waals surface area contributed by atoms with E-state index < -0.39 is 8.07 Å². The number of fused-ring (bicyclic) bond motifs is 3. The molecule has 251 valence electrons. The van der Waals surface area contributed by atoms with E-state index in [1.807, 2.05) is 60.9 Å². The second-order valence-electron chi connectivity index (χ2n) is 14.1. The summed E-state index contributed by atoms with van der Waals surface area (Å²) in [5, 5.41) is 3.52. The second kappa shape index (κ2) is 15.5. The maximum absolute atomic E-state index is 6.17. The molecule has 7 aromatic rings. The van der Waals surface area contributed by atoms with E-state index in [1.165, 1.54) is 16.3 Å². The van der Waals surface area contributed by atoms with Crippen molar-refractivity contribution < 1.29 is 24.5 Å². The third kappa shape index (κ3) is 8.33. The molecule has 7 rings (SSSR count). The van der Waals surface area contributed by atoms with E-state index in [1.54, 1.807) is 0 Å². The zero-order valence-electron chi connectivity index (χ0n) is 29.3. The Balaban J connectivity index is 0.000000205. The Hall–Kier alpha value is -4.22. The van der Waals surface area contributed by atoms with Crippen LogP contribution in [0.5, 0.6) is 0 Å². The van der Waals surface area contributed by atoms with Crippen molar-refractivity contribution in [2.45, 2.75) is 59.7 Å². The molecule has 4 nitrogen and oxygen atoms in total. The predicted molar refractivity (Wildman–Crippen MR) is 203 cm³/mol. The Labute approximate surface area is 305 Å². The van der Waals surface area contributed by atoms with Crippen molar-refractivity contribution in [3.63, 3.8) is 0 Å². The molecule has 0 saturated carbocycles. The maximum atomic E-state index is 6.17. The second-order valence-corrected chi connectivity index (χ2v) is 19.2. The third-order valence-electron chi connectivity index (χ3n) is 8.47. The predicted octanol–water partition coefficient (Wildman–Crippen LogP) is 10.9. The van der Waals surface area contributed by atoms with Crippen LogP contribution in [0.25, 0.3) is 55.7 Å².